The molecule has 5 heteroatoms. The molecular formula is C20H21NO4. The van der Waals surface area contributed by atoms with Crippen molar-refractivity contribution in [2.24, 2.45) is 5.92 Å². The number of benzene rings is 2. The van der Waals surface area contributed by atoms with Crippen LogP contribution in [0.4, 0.5) is 5.69 Å². The topological polar surface area (TPSA) is 55.8 Å². The van der Waals surface area contributed by atoms with Crippen LogP contribution in [-0.2, 0) is 20.7 Å². The van der Waals surface area contributed by atoms with Gasteiger partial charge in [0.25, 0.3) is 0 Å². The average molecular weight is 339 g/mol. The minimum atomic E-state index is -0.596. The molecule has 0 aliphatic carbocycles. The average Bonchev–Trinajstić information content (AvgIpc) is 2.65. The summed E-state index contributed by atoms with van der Waals surface area (Å²) in [6.45, 7) is 2.06. The maximum atomic E-state index is 12.7. The molecule has 1 heterocycles. The van der Waals surface area contributed by atoms with Crippen LogP contribution in [0.5, 0.6) is 5.75 Å². The summed E-state index contributed by atoms with van der Waals surface area (Å²) in [7, 11) is 1.58. The molecule has 0 N–H and O–H groups in total. The highest BCUT2D eigenvalue weighted by molar-refractivity contribution is 6.10. The fourth-order valence-corrected chi connectivity index (χ4v) is 3.14. The SMILES string of the molecule is CCOC(=O)[C@H]1[C@H](Cc2ccccc2)C(=O)N1c1ccc(OC)cc1. The first kappa shape index (κ1) is 17.0. The van der Waals surface area contributed by atoms with E-state index in [9.17, 15) is 9.59 Å². The fraction of sp³-hybridized carbons (Fsp3) is 0.300. The van der Waals surface area contributed by atoms with Gasteiger partial charge in [0.15, 0.2) is 0 Å². The third kappa shape index (κ3) is 3.36. The van der Waals surface area contributed by atoms with Gasteiger partial charge in [-0.2, -0.15) is 0 Å². The second-order valence-electron chi connectivity index (χ2n) is 5.90. The van der Waals surface area contributed by atoms with Crippen LogP contribution >= 0.6 is 0 Å². The minimum absolute atomic E-state index is 0.0629. The van der Waals surface area contributed by atoms with Gasteiger partial charge in [-0.25, -0.2) is 4.79 Å². The van der Waals surface area contributed by atoms with E-state index in [-0.39, 0.29) is 18.5 Å². The number of esters is 1. The number of rotatable bonds is 6. The Hall–Kier alpha value is -2.82. The number of ether oxygens (including phenoxy) is 2. The molecule has 2 aromatic carbocycles. The van der Waals surface area contributed by atoms with Crippen LogP contribution in [0.3, 0.4) is 0 Å². The molecule has 5 nitrogen and oxygen atoms in total. The van der Waals surface area contributed by atoms with E-state index < -0.39 is 12.0 Å². The van der Waals surface area contributed by atoms with Crippen molar-refractivity contribution in [3.05, 3.63) is 60.2 Å². The van der Waals surface area contributed by atoms with Crippen LogP contribution in [0, 0.1) is 5.92 Å². The third-order valence-electron chi connectivity index (χ3n) is 4.39. The maximum Gasteiger partial charge on any atom is 0.330 e. The van der Waals surface area contributed by atoms with Crippen LogP contribution in [-0.4, -0.2) is 31.6 Å². The first-order valence-electron chi connectivity index (χ1n) is 8.33. The molecule has 130 valence electrons. The van der Waals surface area contributed by atoms with Crippen molar-refractivity contribution in [1.82, 2.24) is 0 Å². The van der Waals surface area contributed by atoms with E-state index in [4.69, 9.17) is 9.47 Å². The number of methoxy groups -OCH3 is 1. The summed E-state index contributed by atoms with van der Waals surface area (Å²) in [4.78, 5) is 26.7. The van der Waals surface area contributed by atoms with Gasteiger partial charge in [-0.15, -0.1) is 0 Å². The Labute approximate surface area is 147 Å². The second-order valence-corrected chi connectivity index (χ2v) is 5.90. The van der Waals surface area contributed by atoms with Crippen molar-refractivity contribution in [1.29, 1.82) is 0 Å². The van der Waals surface area contributed by atoms with E-state index in [2.05, 4.69) is 0 Å². The number of hydrogen-bond donors (Lipinski definition) is 0. The van der Waals surface area contributed by atoms with Crippen LogP contribution in [0.25, 0.3) is 0 Å². The van der Waals surface area contributed by atoms with Crippen LogP contribution in [0.15, 0.2) is 54.6 Å². The Bertz CT molecular complexity index is 742. The number of carbonyl (C=O) groups excluding carboxylic acids is 2. The van der Waals surface area contributed by atoms with Gasteiger partial charge in [-0.05, 0) is 43.2 Å². The standard InChI is InChI=1S/C20H21NO4/c1-3-25-20(23)18-17(13-14-7-5-4-6-8-14)19(22)21(18)15-9-11-16(24-2)12-10-15/h4-12,17-18H,3,13H2,1-2H3/t17-,18+/m0/s1. The van der Waals surface area contributed by atoms with E-state index in [0.717, 1.165) is 5.56 Å². The van der Waals surface area contributed by atoms with Gasteiger partial charge in [0.1, 0.15) is 11.8 Å². The first-order chi connectivity index (χ1) is 12.2. The Balaban J connectivity index is 1.84. The minimum Gasteiger partial charge on any atom is -0.497 e. The van der Waals surface area contributed by atoms with Crippen molar-refractivity contribution in [3.63, 3.8) is 0 Å². The molecule has 0 aromatic heterocycles. The van der Waals surface area contributed by atoms with E-state index in [0.29, 0.717) is 17.9 Å². The third-order valence-corrected chi connectivity index (χ3v) is 4.39. The molecule has 3 rings (SSSR count). The number of amides is 1. The van der Waals surface area contributed by atoms with Crippen molar-refractivity contribution < 1.29 is 19.1 Å². The largest absolute Gasteiger partial charge is 0.497 e. The molecule has 1 amide bonds. The van der Waals surface area contributed by atoms with Crippen molar-refractivity contribution in [2.45, 2.75) is 19.4 Å². The molecule has 0 bridgehead atoms. The molecule has 0 radical (unpaired) electrons. The van der Waals surface area contributed by atoms with Crippen LogP contribution < -0.4 is 9.64 Å². The van der Waals surface area contributed by atoms with Gasteiger partial charge >= 0.3 is 5.97 Å². The predicted octanol–water partition coefficient (Wildman–Crippen LogP) is 2.83. The van der Waals surface area contributed by atoms with Crippen molar-refractivity contribution in [2.75, 3.05) is 18.6 Å². The molecule has 0 unspecified atom stereocenters. The molecular weight excluding hydrogens is 318 g/mol. The molecule has 0 saturated carbocycles. The number of carbonyl (C=O) groups is 2. The van der Waals surface area contributed by atoms with Gasteiger partial charge < -0.3 is 9.47 Å². The lowest BCUT2D eigenvalue weighted by Crippen LogP contribution is -2.65. The van der Waals surface area contributed by atoms with Gasteiger partial charge in [-0.1, -0.05) is 30.3 Å². The van der Waals surface area contributed by atoms with Crippen LogP contribution in [0.1, 0.15) is 12.5 Å². The number of β-lactam (4-membered cyclic amide) rings is 1. The Kier molecular flexibility index (Phi) is 5.03. The summed E-state index contributed by atoms with van der Waals surface area (Å²) in [6.07, 6.45) is 0.524. The predicted molar refractivity (Wildman–Crippen MR) is 94.5 cm³/mol. The van der Waals surface area contributed by atoms with Gasteiger partial charge in [0, 0.05) is 5.69 Å². The zero-order valence-corrected chi connectivity index (χ0v) is 14.3. The molecule has 1 aliphatic heterocycles. The lowest BCUT2D eigenvalue weighted by atomic mass is 9.81. The monoisotopic (exact) mass is 339 g/mol. The normalized spacial score (nSPS) is 19.3. The van der Waals surface area contributed by atoms with Gasteiger partial charge in [0.05, 0.1) is 19.6 Å². The quantitative estimate of drug-likeness (QED) is 0.600. The smallest absolute Gasteiger partial charge is 0.330 e. The molecule has 25 heavy (non-hydrogen) atoms. The lowest BCUT2D eigenvalue weighted by Gasteiger charge is -2.45. The summed E-state index contributed by atoms with van der Waals surface area (Å²) >= 11 is 0. The highest BCUT2D eigenvalue weighted by Crippen LogP contribution is 2.36. The van der Waals surface area contributed by atoms with Crippen LogP contribution in [0.2, 0.25) is 0 Å². The summed E-state index contributed by atoms with van der Waals surface area (Å²) < 4.78 is 10.3. The van der Waals surface area contributed by atoms with Crippen molar-refractivity contribution >= 4 is 17.6 Å². The van der Waals surface area contributed by atoms with E-state index in [1.54, 1.807) is 38.3 Å². The fourth-order valence-electron chi connectivity index (χ4n) is 3.14. The molecule has 2 atom stereocenters. The Morgan fingerprint density at radius 2 is 1.76 bits per heavy atom. The first-order valence-corrected chi connectivity index (χ1v) is 8.33. The number of anilines is 1. The Morgan fingerprint density at radius 1 is 1.08 bits per heavy atom. The number of nitrogens with zero attached hydrogens (tertiary/aromatic N) is 1. The zero-order chi connectivity index (χ0) is 17.8. The lowest BCUT2D eigenvalue weighted by molar-refractivity contribution is -0.154. The molecule has 0 spiro atoms. The summed E-state index contributed by atoms with van der Waals surface area (Å²) in [5.74, 6) is -0.125. The van der Waals surface area contributed by atoms with Gasteiger partial charge in [-0.3, -0.25) is 9.69 Å². The Morgan fingerprint density at radius 3 is 2.36 bits per heavy atom. The number of hydrogen-bond acceptors (Lipinski definition) is 4. The highest BCUT2D eigenvalue weighted by Gasteiger charge is 2.52. The molecule has 2 aromatic rings. The maximum absolute atomic E-state index is 12.7. The molecule has 1 aliphatic rings. The summed E-state index contributed by atoms with van der Waals surface area (Å²) in [5.41, 5.74) is 1.71. The van der Waals surface area contributed by atoms with Crippen molar-refractivity contribution in [3.8, 4) is 5.75 Å². The van der Waals surface area contributed by atoms with Gasteiger partial charge in [0.2, 0.25) is 5.91 Å². The highest BCUT2D eigenvalue weighted by atomic mass is 16.5. The molecule has 1 saturated heterocycles. The van der Waals surface area contributed by atoms with E-state index in [1.807, 2.05) is 30.3 Å². The molecule has 1 fully saturated rings. The zero-order valence-electron chi connectivity index (χ0n) is 14.3. The van der Waals surface area contributed by atoms with E-state index >= 15 is 0 Å². The van der Waals surface area contributed by atoms with E-state index in [1.165, 1.54) is 4.90 Å². The summed E-state index contributed by atoms with van der Waals surface area (Å²) in [6, 6.07) is 16.2. The summed E-state index contributed by atoms with van der Waals surface area (Å²) in [5, 5.41) is 0. The second kappa shape index (κ2) is 7.38.